The summed E-state index contributed by atoms with van der Waals surface area (Å²) in [6.07, 6.45) is 6.18. The SMILES string of the molecule is O=C1CCC(N2C(=O)c3ccc(OCCOCCOCCN4CCC(c5ccc6c(c5)[nH]c5ccncc56)CC4)cc3C2=O)C(=O)N1. The molecule has 7 rings (SSSR count). The van der Waals surface area contributed by atoms with Crippen molar-refractivity contribution in [1.29, 1.82) is 0 Å². The number of hydrogen-bond donors (Lipinski definition) is 2. The number of nitrogens with zero attached hydrogens (tertiary/aromatic N) is 3. The van der Waals surface area contributed by atoms with Crippen LogP contribution in [0.25, 0.3) is 21.8 Å². The lowest BCUT2D eigenvalue weighted by atomic mass is 9.89. The predicted molar refractivity (Wildman–Crippen MR) is 172 cm³/mol. The summed E-state index contributed by atoms with van der Waals surface area (Å²) < 4.78 is 17.2. The van der Waals surface area contributed by atoms with Gasteiger partial charge in [-0.25, -0.2) is 0 Å². The smallest absolute Gasteiger partial charge is 0.262 e. The van der Waals surface area contributed by atoms with Crippen molar-refractivity contribution in [3.8, 4) is 5.75 Å². The van der Waals surface area contributed by atoms with Crippen LogP contribution < -0.4 is 10.1 Å². The van der Waals surface area contributed by atoms with Gasteiger partial charge in [0.1, 0.15) is 18.4 Å². The second-order valence-corrected chi connectivity index (χ2v) is 12.2. The standard InChI is InChI=1S/C35H37N5O7/c41-32-6-5-31(33(42)38-32)40-34(43)26-4-2-24(20-27(26)35(40)44)47-18-17-46-16-15-45-14-13-39-11-8-22(9-12-39)23-1-3-25-28-21-36-10-7-29(28)37-30(25)19-23/h1-4,7,10,19-22,31,37H,5-6,8-9,11-18H2,(H,38,41,42). The van der Waals surface area contributed by atoms with Crippen molar-refractivity contribution in [3.63, 3.8) is 0 Å². The number of benzene rings is 2. The Labute approximate surface area is 271 Å². The number of aromatic nitrogens is 2. The third-order valence-electron chi connectivity index (χ3n) is 9.31. The summed E-state index contributed by atoms with van der Waals surface area (Å²) in [6.45, 7) is 5.17. The van der Waals surface area contributed by atoms with E-state index in [-0.39, 0.29) is 30.6 Å². The normalized spacial score (nSPS) is 19.1. The van der Waals surface area contributed by atoms with Gasteiger partial charge in [-0.3, -0.25) is 34.4 Å². The highest BCUT2D eigenvalue weighted by Gasteiger charge is 2.44. The Morgan fingerprint density at radius 3 is 2.40 bits per heavy atom. The topological polar surface area (TPSA) is 143 Å². The van der Waals surface area contributed by atoms with Crippen molar-refractivity contribution in [2.45, 2.75) is 37.6 Å². The molecular weight excluding hydrogens is 602 g/mol. The number of amides is 4. The van der Waals surface area contributed by atoms with Crippen LogP contribution in [0.15, 0.2) is 54.9 Å². The number of ether oxygens (including phenoxy) is 3. The minimum Gasteiger partial charge on any atom is -0.491 e. The number of piperidine rings is 2. The molecule has 0 bridgehead atoms. The highest BCUT2D eigenvalue weighted by molar-refractivity contribution is 6.23. The molecular formula is C35H37N5O7. The third kappa shape index (κ3) is 6.49. The fourth-order valence-corrected chi connectivity index (χ4v) is 6.78. The number of carbonyl (C=O) groups is 4. The number of rotatable bonds is 12. The van der Waals surface area contributed by atoms with E-state index < -0.39 is 29.7 Å². The maximum atomic E-state index is 13.0. The molecule has 0 saturated carbocycles. The second-order valence-electron chi connectivity index (χ2n) is 12.2. The van der Waals surface area contributed by atoms with Crippen LogP contribution in [0.1, 0.15) is 57.9 Å². The summed E-state index contributed by atoms with van der Waals surface area (Å²) in [4.78, 5) is 60.7. The second kappa shape index (κ2) is 13.6. The summed E-state index contributed by atoms with van der Waals surface area (Å²) in [6, 6.07) is 12.5. The van der Waals surface area contributed by atoms with E-state index in [4.69, 9.17) is 14.2 Å². The number of imide groups is 2. The molecule has 0 aliphatic carbocycles. The summed E-state index contributed by atoms with van der Waals surface area (Å²) in [5, 5.41) is 4.58. The Kier molecular flexibility index (Phi) is 8.96. The van der Waals surface area contributed by atoms with Crippen molar-refractivity contribution >= 4 is 45.4 Å². The molecule has 2 fully saturated rings. The summed E-state index contributed by atoms with van der Waals surface area (Å²) in [5.74, 6) is -1.17. The number of pyridine rings is 1. The van der Waals surface area contributed by atoms with E-state index in [0.29, 0.717) is 38.1 Å². The van der Waals surface area contributed by atoms with Gasteiger partial charge in [0.25, 0.3) is 11.8 Å². The predicted octanol–water partition coefficient (Wildman–Crippen LogP) is 3.41. The highest BCUT2D eigenvalue weighted by Crippen LogP contribution is 2.33. The fraction of sp³-hybridized carbons (Fsp3) is 0.400. The maximum absolute atomic E-state index is 13.0. The summed E-state index contributed by atoms with van der Waals surface area (Å²) >= 11 is 0. The largest absolute Gasteiger partial charge is 0.491 e. The Bertz CT molecular complexity index is 1830. The van der Waals surface area contributed by atoms with Crippen molar-refractivity contribution in [1.82, 2.24) is 25.1 Å². The fourth-order valence-electron chi connectivity index (χ4n) is 6.78. The van der Waals surface area contributed by atoms with Crippen LogP contribution in [-0.2, 0) is 19.1 Å². The van der Waals surface area contributed by atoms with Gasteiger partial charge in [-0.2, -0.15) is 0 Å². The first kappa shape index (κ1) is 31.0. The zero-order valence-electron chi connectivity index (χ0n) is 26.0. The number of carbonyl (C=O) groups excluding carboxylic acids is 4. The number of hydrogen-bond acceptors (Lipinski definition) is 9. The first-order valence-electron chi connectivity index (χ1n) is 16.2. The van der Waals surface area contributed by atoms with Gasteiger partial charge in [0.05, 0.1) is 37.6 Å². The molecule has 0 radical (unpaired) electrons. The van der Waals surface area contributed by atoms with Crippen molar-refractivity contribution in [3.05, 3.63) is 71.5 Å². The first-order chi connectivity index (χ1) is 23.0. The Hall–Kier alpha value is -4.65. The highest BCUT2D eigenvalue weighted by atomic mass is 16.5. The lowest BCUT2D eigenvalue weighted by molar-refractivity contribution is -0.136. The number of nitrogens with one attached hydrogen (secondary N) is 2. The molecule has 2 aromatic heterocycles. The van der Waals surface area contributed by atoms with E-state index in [1.165, 1.54) is 34.0 Å². The first-order valence-corrected chi connectivity index (χ1v) is 16.2. The monoisotopic (exact) mass is 639 g/mol. The summed E-state index contributed by atoms with van der Waals surface area (Å²) in [7, 11) is 0. The molecule has 2 saturated heterocycles. The molecule has 4 aromatic rings. The molecule has 1 atom stereocenters. The number of aromatic amines is 1. The third-order valence-corrected chi connectivity index (χ3v) is 9.31. The van der Waals surface area contributed by atoms with Crippen molar-refractivity contribution < 1.29 is 33.4 Å². The van der Waals surface area contributed by atoms with E-state index >= 15 is 0 Å². The molecule has 5 heterocycles. The molecule has 3 aliphatic rings. The lowest BCUT2D eigenvalue weighted by Crippen LogP contribution is -2.54. The number of fused-ring (bicyclic) bond motifs is 4. The molecule has 47 heavy (non-hydrogen) atoms. The van der Waals surface area contributed by atoms with Gasteiger partial charge in [0.15, 0.2) is 0 Å². The maximum Gasteiger partial charge on any atom is 0.262 e. The van der Waals surface area contributed by atoms with Gasteiger partial charge in [0.2, 0.25) is 11.8 Å². The van der Waals surface area contributed by atoms with Crippen LogP contribution >= 0.6 is 0 Å². The number of likely N-dealkylation sites (tertiary alicyclic amines) is 1. The molecule has 0 spiro atoms. The quantitative estimate of drug-likeness (QED) is 0.176. The molecule has 4 amide bonds. The van der Waals surface area contributed by atoms with Crippen LogP contribution in [-0.4, -0.2) is 102 Å². The van der Waals surface area contributed by atoms with Crippen molar-refractivity contribution in [2.24, 2.45) is 0 Å². The number of H-pyrrole nitrogens is 1. The molecule has 3 aliphatic heterocycles. The zero-order valence-corrected chi connectivity index (χ0v) is 26.0. The van der Waals surface area contributed by atoms with Gasteiger partial charge in [0, 0.05) is 47.2 Å². The van der Waals surface area contributed by atoms with Gasteiger partial charge in [-0.05, 0) is 74.2 Å². The minimum absolute atomic E-state index is 0.0757. The van der Waals surface area contributed by atoms with E-state index in [2.05, 4.69) is 38.4 Å². The average Bonchev–Trinajstić information content (AvgIpc) is 3.57. The summed E-state index contributed by atoms with van der Waals surface area (Å²) in [5.41, 5.74) is 4.08. The molecule has 2 aromatic carbocycles. The van der Waals surface area contributed by atoms with Gasteiger partial charge in [-0.15, -0.1) is 0 Å². The molecule has 244 valence electrons. The lowest BCUT2D eigenvalue weighted by Gasteiger charge is -2.32. The zero-order chi connectivity index (χ0) is 32.3. The minimum atomic E-state index is -0.997. The average molecular weight is 640 g/mol. The molecule has 1 unspecified atom stereocenters. The Balaban J connectivity index is 0.770. The van der Waals surface area contributed by atoms with Crippen LogP contribution in [0.5, 0.6) is 5.75 Å². The van der Waals surface area contributed by atoms with Crippen LogP contribution in [0.3, 0.4) is 0 Å². The van der Waals surface area contributed by atoms with Crippen molar-refractivity contribution in [2.75, 3.05) is 52.7 Å². The van der Waals surface area contributed by atoms with Gasteiger partial charge >= 0.3 is 0 Å². The van der Waals surface area contributed by atoms with E-state index in [9.17, 15) is 19.2 Å². The van der Waals surface area contributed by atoms with Crippen LogP contribution in [0.4, 0.5) is 0 Å². The van der Waals surface area contributed by atoms with E-state index in [1.807, 2.05) is 18.5 Å². The van der Waals surface area contributed by atoms with Crippen LogP contribution in [0, 0.1) is 0 Å². The van der Waals surface area contributed by atoms with Gasteiger partial charge in [-0.1, -0.05) is 12.1 Å². The Morgan fingerprint density at radius 2 is 1.57 bits per heavy atom. The van der Waals surface area contributed by atoms with Crippen LogP contribution in [0.2, 0.25) is 0 Å². The molecule has 12 heteroatoms. The molecule has 12 nitrogen and oxygen atoms in total. The van der Waals surface area contributed by atoms with Gasteiger partial charge < -0.3 is 24.1 Å². The van der Waals surface area contributed by atoms with E-state index in [0.717, 1.165) is 42.9 Å². The van der Waals surface area contributed by atoms with E-state index in [1.54, 1.807) is 6.07 Å². The Morgan fingerprint density at radius 1 is 0.787 bits per heavy atom. The molecule has 2 N–H and O–H groups in total.